The van der Waals surface area contributed by atoms with Crippen LogP contribution in [0.5, 0.6) is 0 Å². The lowest BCUT2D eigenvalue weighted by Crippen LogP contribution is -2.24. The van der Waals surface area contributed by atoms with Gasteiger partial charge >= 0.3 is 5.69 Å². The summed E-state index contributed by atoms with van der Waals surface area (Å²) in [6.45, 7) is 4.12. The fourth-order valence-corrected chi connectivity index (χ4v) is 1.67. The van der Waals surface area contributed by atoms with E-state index in [1.807, 2.05) is 13.8 Å². The summed E-state index contributed by atoms with van der Waals surface area (Å²) in [4.78, 5) is 24.9. The number of aromatic nitrogens is 5. The molecule has 2 aromatic rings. The number of H-pyrrole nitrogens is 3. The fourth-order valence-electron chi connectivity index (χ4n) is 1.67. The number of aryl methyl sites for hydroxylation is 2. The molecule has 8 heteroatoms. The van der Waals surface area contributed by atoms with Crippen LogP contribution >= 0.6 is 0 Å². The molecule has 0 aromatic carbocycles. The topological polar surface area (TPSA) is 119 Å². The second-order valence-corrected chi connectivity index (χ2v) is 4.32. The molecular formula is C11H16N6O2. The fraction of sp³-hybridized carbons (Fsp3) is 0.455. The molecule has 0 aliphatic heterocycles. The van der Waals surface area contributed by atoms with Gasteiger partial charge in [-0.1, -0.05) is 0 Å². The van der Waals surface area contributed by atoms with Gasteiger partial charge in [0.15, 0.2) is 0 Å². The average molecular weight is 264 g/mol. The molecule has 0 saturated carbocycles. The van der Waals surface area contributed by atoms with Crippen LogP contribution < -0.4 is 11.0 Å². The van der Waals surface area contributed by atoms with Crippen LogP contribution in [0.3, 0.4) is 0 Å². The summed E-state index contributed by atoms with van der Waals surface area (Å²) in [5.41, 5.74) is 2.63. The molecule has 8 nitrogen and oxygen atoms in total. The van der Waals surface area contributed by atoms with Crippen LogP contribution in [0.4, 0.5) is 0 Å². The van der Waals surface area contributed by atoms with Crippen molar-refractivity contribution >= 4 is 5.91 Å². The predicted octanol–water partition coefficient (Wildman–Crippen LogP) is -0.313. The molecule has 0 unspecified atom stereocenters. The van der Waals surface area contributed by atoms with Gasteiger partial charge in [0.25, 0.3) is 0 Å². The highest BCUT2D eigenvalue weighted by Crippen LogP contribution is 2.10. The Bertz CT molecular complexity index is 623. The number of nitrogens with zero attached hydrogens (tertiary/aromatic N) is 2. The first-order valence-corrected chi connectivity index (χ1v) is 5.97. The van der Waals surface area contributed by atoms with E-state index in [1.54, 1.807) is 0 Å². The summed E-state index contributed by atoms with van der Waals surface area (Å²) in [6.07, 6.45) is 0.929. The van der Waals surface area contributed by atoms with Gasteiger partial charge in [0, 0.05) is 18.5 Å². The summed E-state index contributed by atoms with van der Waals surface area (Å²) < 4.78 is 0. The summed E-state index contributed by atoms with van der Waals surface area (Å²) in [5, 5.41) is 15.6. The van der Waals surface area contributed by atoms with Crippen molar-refractivity contribution in [3.05, 3.63) is 33.3 Å². The van der Waals surface area contributed by atoms with Crippen LogP contribution in [-0.2, 0) is 17.8 Å². The lowest BCUT2D eigenvalue weighted by molar-refractivity contribution is -0.121. The van der Waals surface area contributed by atoms with E-state index in [-0.39, 0.29) is 18.1 Å². The van der Waals surface area contributed by atoms with Crippen LogP contribution in [-0.4, -0.2) is 31.3 Å². The van der Waals surface area contributed by atoms with Crippen molar-refractivity contribution in [2.75, 3.05) is 0 Å². The average Bonchev–Trinajstić information content (AvgIpc) is 2.93. The maximum Gasteiger partial charge on any atom is 0.340 e. The summed E-state index contributed by atoms with van der Waals surface area (Å²) in [6, 6.07) is 0. The van der Waals surface area contributed by atoms with Gasteiger partial charge < -0.3 is 5.32 Å². The quantitative estimate of drug-likeness (QED) is 0.592. The van der Waals surface area contributed by atoms with E-state index in [0.29, 0.717) is 18.7 Å². The molecule has 2 aromatic heterocycles. The molecule has 102 valence electrons. The third kappa shape index (κ3) is 3.30. The van der Waals surface area contributed by atoms with Crippen molar-refractivity contribution in [1.82, 2.24) is 30.7 Å². The van der Waals surface area contributed by atoms with E-state index >= 15 is 0 Å². The zero-order chi connectivity index (χ0) is 13.8. The first kappa shape index (κ1) is 13.1. The van der Waals surface area contributed by atoms with E-state index in [9.17, 15) is 9.59 Å². The van der Waals surface area contributed by atoms with Gasteiger partial charge in [-0.25, -0.2) is 9.89 Å². The Labute approximate surface area is 109 Å². The van der Waals surface area contributed by atoms with Crippen molar-refractivity contribution in [2.24, 2.45) is 0 Å². The predicted molar refractivity (Wildman–Crippen MR) is 67.4 cm³/mol. The summed E-state index contributed by atoms with van der Waals surface area (Å²) in [5.74, 6) is 0.300. The zero-order valence-electron chi connectivity index (χ0n) is 10.8. The Morgan fingerprint density at radius 3 is 2.63 bits per heavy atom. The zero-order valence-corrected chi connectivity index (χ0v) is 10.8. The maximum atomic E-state index is 11.6. The molecule has 0 aliphatic carbocycles. The van der Waals surface area contributed by atoms with Gasteiger partial charge in [-0.05, 0) is 19.4 Å². The van der Waals surface area contributed by atoms with Crippen molar-refractivity contribution in [1.29, 1.82) is 0 Å². The Balaban J connectivity index is 1.79. The van der Waals surface area contributed by atoms with E-state index in [2.05, 4.69) is 30.7 Å². The Morgan fingerprint density at radius 1 is 1.26 bits per heavy atom. The van der Waals surface area contributed by atoms with Crippen molar-refractivity contribution in [3.63, 3.8) is 0 Å². The molecule has 0 aliphatic rings. The van der Waals surface area contributed by atoms with Gasteiger partial charge in [-0.15, -0.1) is 0 Å². The molecule has 19 heavy (non-hydrogen) atoms. The summed E-state index contributed by atoms with van der Waals surface area (Å²) >= 11 is 0. The molecule has 0 bridgehead atoms. The number of nitrogens with one attached hydrogen (secondary N) is 4. The highest BCUT2D eigenvalue weighted by atomic mass is 16.2. The monoisotopic (exact) mass is 264 g/mol. The SMILES string of the molecule is Cc1[nH]nc(CCC(=O)NCc2n[nH]c(=O)[nH]2)c1C. The van der Waals surface area contributed by atoms with E-state index in [0.717, 1.165) is 17.0 Å². The molecule has 0 atom stereocenters. The molecule has 2 heterocycles. The first-order chi connectivity index (χ1) is 9.06. The first-order valence-electron chi connectivity index (χ1n) is 5.97. The number of hydrogen-bond acceptors (Lipinski definition) is 4. The lowest BCUT2D eigenvalue weighted by Gasteiger charge is -2.02. The molecule has 2 rings (SSSR count). The highest BCUT2D eigenvalue weighted by Gasteiger charge is 2.09. The van der Waals surface area contributed by atoms with E-state index in [1.165, 1.54) is 0 Å². The molecule has 1 amide bonds. The van der Waals surface area contributed by atoms with E-state index < -0.39 is 0 Å². The van der Waals surface area contributed by atoms with E-state index in [4.69, 9.17) is 0 Å². The molecular weight excluding hydrogens is 248 g/mol. The van der Waals surface area contributed by atoms with Crippen molar-refractivity contribution in [2.45, 2.75) is 33.2 Å². The van der Waals surface area contributed by atoms with Crippen LogP contribution in [0.25, 0.3) is 0 Å². The van der Waals surface area contributed by atoms with Crippen molar-refractivity contribution < 1.29 is 4.79 Å². The molecule has 0 spiro atoms. The minimum Gasteiger partial charge on any atom is -0.349 e. The second kappa shape index (κ2) is 5.51. The largest absolute Gasteiger partial charge is 0.349 e. The number of carbonyl (C=O) groups excluding carboxylic acids is 1. The molecule has 0 radical (unpaired) electrons. The minimum absolute atomic E-state index is 0.107. The molecule has 0 fully saturated rings. The number of hydrogen-bond donors (Lipinski definition) is 4. The second-order valence-electron chi connectivity index (χ2n) is 4.32. The minimum atomic E-state index is -0.383. The third-order valence-corrected chi connectivity index (χ3v) is 2.95. The Hall–Kier alpha value is -2.38. The number of carbonyl (C=O) groups is 1. The number of aromatic amines is 3. The normalized spacial score (nSPS) is 10.6. The smallest absolute Gasteiger partial charge is 0.340 e. The standard InChI is InChI=1S/C11H16N6O2/c1-6-7(2)14-15-8(6)3-4-10(18)12-5-9-13-11(19)17-16-9/h3-5H2,1-2H3,(H,12,18)(H,14,15)(H2,13,16,17,19). The highest BCUT2D eigenvalue weighted by molar-refractivity contribution is 5.76. The Morgan fingerprint density at radius 2 is 2.05 bits per heavy atom. The lowest BCUT2D eigenvalue weighted by atomic mass is 10.1. The van der Waals surface area contributed by atoms with Gasteiger partial charge in [0.2, 0.25) is 5.91 Å². The van der Waals surface area contributed by atoms with Gasteiger partial charge in [-0.2, -0.15) is 10.2 Å². The Kier molecular flexibility index (Phi) is 3.79. The molecule has 0 saturated heterocycles. The molecule has 4 N–H and O–H groups in total. The maximum absolute atomic E-state index is 11.6. The van der Waals surface area contributed by atoms with Gasteiger partial charge in [-0.3, -0.25) is 14.9 Å². The van der Waals surface area contributed by atoms with Gasteiger partial charge in [0.05, 0.1) is 12.2 Å². The van der Waals surface area contributed by atoms with Crippen LogP contribution in [0.15, 0.2) is 4.79 Å². The third-order valence-electron chi connectivity index (χ3n) is 2.95. The van der Waals surface area contributed by atoms with Gasteiger partial charge in [0.1, 0.15) is 5.82 Å². The number of amides is 1. The van der Waals surface area contributed by atoms with Crippen LogP contribution in [0.2, 0.25) is 0 Å². The van der Waals surface area contributed by atoms with Crippen LogP contribution in [0.1, 0.15) is 29.2 Å². The van der Waals surface area contributed by atoms with Crippen molar-refractivity contribution in [3.8, 4) is 0 Å². The van der Waals surface area contributed by atoms with Crippen LogP contribution in [0, 0.1) is 13.8 Å². The summed E-state index contributed by atoms with van der Waals surface area (Å²) in [7, 11) is 0. The number of rotatable bonds is 5.